The largest absolute Gasteiger partial charge is 0.436 e. The number of aromatic amines is 1. The molecular formula is C48H50N8O4. The number of aryl methyl sites for hydroxylation is 1. The second-order valence-corrected chi connectivity index (χ2v) is 15.8. The number of amides is 3. The Labute approximate surface area is 350 Å². The van der Waals surface area contributed by atoms with Crippen molar-refractivity contribution in [2.75, 3.05) is 39.5 Å². The molecule has 3 amide bonds. The van der Waals surface area contributed by atoms with Crippen LogP contribution in [0.15, 0.2) is 108 Å². The van der Waals surface area contributed by atoms with Crippen molar-refractivity contribution in [1.82, 2.24) is 35.0 Å². The van der Waals surface area contributed by atoms with E-state index in [2.05, 4.69) is 32.4 Å². The first-order valence-corrected chi connectivity index (χ1v) is 20.6. The topological polar surface area (TPSA) is 140 Å². The van der Waals surface area contributed by atoms with Crippen LogP contribution in [0.1, 0.15) is 60.3 Å². The van der Waals surface area contributed by atoms with Gasteiger partial charge in [0.25, 0.3) is 0 Å². The summed E-state index contributed by atoms with van der Waals surface area (Å²) in [6.07, 6.45) is 4.84. The van der Waals surface area contributed by atoms with Crippen molar-refractivity contribution in [3.05, 3.63) is 126 Å². The van der Waals surface area contributed by atoms with Gasteiger partial charge in [-0.25, -0.2) is 9.97 Å². The van der Waals surface area contributed by atoms with Gasteiger partial charge >= 0.3 is 0 Å². The number of piperidine rings is 1. The summed E-state index contributed by atoms with van der Waals surface area (Å²) in [4.78, 5) is 60.4. The highest BCUT2D eigenvalue weighted by atomic mass is 16.4. The first kappa shape index (κ1) is 40.2. The second kappa shape index (κ2) is 17.7. The number of fused-ring (bicyclic) bond motifs is 1. The van der Waals surface area contributed by atoms with Gasteiger partial charge in [-0.15, -0.1) is 0 Å². The minimum Gasteiger partial charge on any atom is -0.436 e. The maximum atomic E-state index is 14.1. The first-order valence-electron chi connectivity index (χ1n) is 20.6. The lowest BCUT2D eigenvalue weighted by molar-refractivity contribution is -0.144. The molecule has 8 rings (SSSR count). The second-order valence-electron chi connectivity index (χ2n) is 15.8. The Kier molecular flexibility index (Phi) is 11.9. The number of nitrogens with zero attached hydrogens (tertiary/aromatic N) is 5. The number of likely N-dealkylation sites (tertiary alicyclic amines) is 1. The van der Waals surface area contributed by atoms with E-state index < -0.39 is 18.1 Å². The SMILES string of the molecule is CNCC1CC#CC(c2nc3ccc(-c4cnc(-c5ccc(C)c(NC(=O)C6CCCCN6C(=O)C(c6ccccc6)N(C)C)c5)o4)cc3[nH]2)N1C(=O)Cc1ccccc1. The number of benzene rings is 4. The summed E-state index contributed by atoms with van der Waals surface area (Å²) in [5.74, 6) is 7.83. The molecule has 0 bridgehead atoms. The third kappa shape index (κ3) is 8.46. The van der Waals surface area contributed by atoms with Crippen molar-refractivity contribution >= 4 is 34.4 Å². The molecule has 0 spiro atoms. The third-order valence-electron chi connectivity index (χ3n) is 11.4. The lowest BCUT2D eigenvalue weighted by Crippen LogP contribution is -2.53. The van der Waals surface area contributed by atoms with E-state index in [1.807, 2.05) is 135 Å². The zero-order chi connectivity index (χ0) is 41.8. The lowest BCUT2D eigenvalue weighted by Gasteiger charge is -2.38. The van der Waals surface area contributed by atoms with Gasteiger partial charge in [-0.2, -0.15) is 0 Å². The predicted octanol–water partition coefficient (Wildman–Crippen LogP) is 6.92. The zero-order valence-corrected chi connectivity index (χ0v) is 34.4. The van der Waals surface area contributed by atoms with Crippen LogP contribution in [-0.2, 0) is 20.8 Å². The van der Waals surface area contributed by atoms with Crippen LogP contribution in [0, 0.1) is 18.8 Å². The Morgan fingerprint density at radius 3 is 2.50 bits per heavy atom. The Bertz CT molecular complexity index is 2550. The van der Waals surface area contributed by atoms with Crippen molar-refractivity contribution in [2.45, 2.75) is 63.2 Å². The maximum absolute atomic E-state index is 14.1. The molecule has 60 heavy (non-hydrogen) atoms. The van der Waals surface area contributed by atoms with E-state index in [0.29, 0.717) is 54.7 Å². The van der Waals surface area contributed by atoms with Gasteiger partial charge in [0.2, 0.25) is 23.6 Å². The highest BCUT2D eigenvalue weighted by Gasteiger charge is 2.37. The number of carbonyl (C=O) groups excluding carboxylic acids is 3. The van der Waals surface area contributed by atoms with Gasteiger partial charge in [-0.1, -0.05) is 78.6 Å². The number of likely N-dealkylation sites (N-methyl/N-ethyl adjacent to an activating group) is 2. The molecule has 0 radical (unpaired) electrons. The van der Waals surface area contributed by atoms with Crippen LogP contribution in [0.25, 0.3) is 33.8 Å². The molecule has 12 heteroatoms. The summed E-state index contributed by atoms with van der Waals surface area (Å²) >= 11 is 0. The summed E-state index contributed by atoms with van der Waals surface area (Å²) in [6.45, 7) is 3.08. The molecule has 0 aliphatic carbocycles. The molecule has 4 unspecified atom stereocenters. The van der Waals surface area contributed by atoms with Gasteiger partial charge in [-0.3, -0.25) is 19.3 Å². The smallest absolute Gasteiger partial charge is 0.247 e. The molecule has 1 saturated heterocycles. The quantitative estimate of drug-likeness (QED) is 0.113. The fourth-order valence-electron chi connectivity index (χ4n) is 8.35. The Morgan fingerprint density at radius 2 is 1.73 bits per heavy atom. The Balaban J connectivity index is 0.998. The van der Waals surface area contributed by atoms with Gasteiger partial charge in [0.15, 0.2) is 11.8 Å². The maximum Gasteiger partial charge on any atom is 0.247 e. The molecule has 0 saturated carbocycles. The summed E-state index contributed by atoms with van der Waals surface area (Å²) in [5.41, 5.74) is 6.38. The summed E-state index contributed by atoms with van der Waals surface area (Å²) < 4.78 is 6.33. The Morgan fingerprint density at radius 1 is 0.967 bits per heavy atom. The van der Waals surface area contributed by atoms with Crippen LogP contribution in [0.5, 0.6) is 0 Å². The van der Waals surface area contributed by atoms with Gasteiger partial charge in [-0.05, 0) is 94.4 Å². The van der Waals surface area contributed by atoms with E-state index in [1.54, 1.807) is 11.1 Å². The van der Waals surface area contributed by atoms with E-state index >= 15 is 0 Å². The average Bonchev–Trinajstić information content (AvgIpc) is 3.93. The minimum absolute atomic E-state index is 0.00217. The fourth-order valence-corrected chi connectivity index (χ4v) is 8.35. The van der Waals surface area contributed by atoms with Crippen molar-refractivity contribution in [3.63, 3.8) is 0 Å². The molecule has 12 nitrogen and oxygen atoms in total. The van der Waals surface area contributed by atoms with Crippen LogP contribution >= 0.6 is 0 Å². The highest BCUT2D eigenvalue weighted by molar-refractivity contribution is 5.99. The summed E-state index contributed by atoms with van der Waals surface area (Å²) in [5, 5.41) is 6.36. The highest BCUT2D eigenvalue weighted by Crippen LogP contribution is 2.33. The molecule has 4 heterocycles. The number of hydrogen-bond acceptors (Lipinski definition) is 8. The molecule has 4 aromatic carbocycles. The lowest BCUT2D eigenvalue weighted by atomic mass is 9.97. The average molecular weight is 803 g/mol. The van der Waals surface area contributed by atoms with Crippen LogP contribution in [0.2, 0.25) is 0 Å². The number of anilines is 1. The van der Waals surface area contributed by atoms with Crippen molar-refractivity contribution in [3.8, 4) is 34.6 Å². The van der Waals surface area contributed by atoms with Crippen LogP contribution in [-0.4, -0.2) is 93.7 Å². The van der Waals surface area contributed by atoms with E-state index in [4.69, 9.17) is 9.40 Å². The normalized spacial score (nSPS) is 18.2. The molecule has 4 atom stereocenters. The number of hydrogen-bond donors (Lipinski definition) is 3. The number of aromatic nitrogens is 3. The molecular weight excluding hydrogens is 753 g/mol. The molecule has 2 aliphatic rings. The molecule has 2 aromatic heterocycles. The van der Waals surface area contributed by atoms with Crippen molar-refractivity contribution in [1.29, 1.82) is 0 Å². The van der Waals surface area contributed by atoms with E-state index in [0.717, 1.165) is 46.1 Å². The number of imidazole rings is 1. The van der Waals surface area contributed by atoms with Crippen molar-refractivity contribution < 1.29 is 18.8 Å². The minimum atomic E-state index is -0.593. The number of H-pyrrole nitrogens is 1. The number of oxazole rings is 1. The van der Waals surface area contributed by atoms with Crippen LogP contribution in [0.4, 0.5) is 5.69 Å². The van der Waals surface area contributed by atoms with Gasteiger partial charge in [0, 0.05) is 36.3 Å². The standard InChI is InChI=1S/C48H50N8O4/c1-31-21-22-35(28-38(31)53-46(58)41-19-11-12-25-55(41)48(59)44(54(3)4)33-16-9-6-10-17-33)47-50-30-42(60-47)34-23-24-37-39(27-34)52-45(51-37)40-20-13-18-36(29-49-2)56(40)43(57)26-32-14-7-5-8-15-32/h5-10,14-17,21-24,27-28,30,36,40-41,44,49H,11-12,18-19,25-26,29H2,1-4H3,(H,51,52)(H,53,58). The third-order valence-corrected chi connectivity index (χ3v) is 11.4. The van der Waals surface area contributed by atoms with Crippen molar-refractivity contribution in [2.24, 2.45) is 0 Å². The van der Waals surface area contributed by atoms with Crippen LogP contribution in [0.3, 0.4) is 0 Å². The Hall–Kier alpha value is -6.55. The van der Waals surface area contributed by atoms with Gasteiger partial charge in [0.1, 0.15) is 17.9 Å². The monoisotopic (exact) mass is 802 g/mol. The van der Waals surface area contributed by atoms with Crippen LogP contribution < -0.4 is 10.6 Å². The molecule has 6 aromatic rings. The predicted molar refractivity (Wildman–Crippen MR) is 232 cm³/mol. The van der Waals surface area contributed by atoms with Gasteiger partial charge in [0.05, 0.1) is 29.7 Å². The van der Waals surface area contributed by atoms with E-state index in [1.165, 1.54) is 0 Å². The molecule has 2 aliphatic heterocycles. The number of nitrogens with one attached hydrogen (secondary N) is 3. The summed E-state index contributed by atoms with van der Waals surface area (Å²) in [6, 6.07) is 29.3. The zero-order valence-electron chi connectivity index (χ0n) is 34.4. The molecule has 1 fully saturated rings. The van der Waals surface area contributed by atoms with E-state index in [-0.39, 0.29) is 30.2 Å². The first-order chi connectivity index (χ1) is 29.2. The summed E-state index contributed by atoms with van der Waals surface area (Å²) in [7, 11) is 5.67. The fraction of sp³-hybridized carbons (Fsp3) is 0.312. The molecule has 306 valence electrons. The molecule has 3 N–H and O–H groups in total. The van der Waals surface area contributed by atoms with Gasteiger partial charge < -0.3 is 29.8 Å². The van der Waals surface area contributed by atoms with E-state index in [9.17, 15) is 14.4 Å². The number of rotatable bonds is 12. The number of carbonyl (C=O) groups is 3.